The average molecular weight is 356 g/mol. The van der Waals surface area contributed by atoms with Gasteiger partial charge in [0.05, 0.1) is 23.9 Å². The monoisotopic (exact) mass is 356 g/mol. The minimum Gasteiger partial charge on any atom is -0.495 e. The zero-order chi connectivity index (χ0) is 18.5. The van der Waals surface area contributed by atoms with Crippen molar-refractivity contribution in [2.24, 2.45) is 0 Å². The minimum atomic E-state index is -1.07. The molecule has 1 fully saturated rings. The van der Waals surface area contributed by atoms with Crippen LogP contribution in [0, 0.1) is 0 Å². The molecule has 0 radical (unpaired) electrons. The fourth-order valence-corrected chi connectivity index (χ4v) is 2.88. The van der Waals surface area contributed by atoms with Crippen LogP contribution in [-0.4, -0.2) is 35.2 Å². The predicted octanol–water partition coefficient (Wildman–Crippen LogP) is 3.36. The van der Waals surface area contributed by atoms with E-state index in [9.17, 15) is 9.59 Å². The van der Waals surface area contributed by atoms with Crippen molar-refractivity contribution in [2.45, 2.75) is 31.8 Å². The summed E-state index contributed by atoms with van der Waals surface area (Å²) in [7, 11) is 1.41. The van der Waals surface area contributed by atoms with Crippen molar-refractivity contribution in [3.8, 4) is 11.6 Å². The van der Waals surface area contributed by atoms with E-state index in [2.05, 4.69) is 10.3 Å². The number of nitrogens with zero attached hydrogens (tertiary/aromatic N) is 1. The molecule has 2 N–H and O–H groups in total. The molecule has 7 nitrogen and oxygen atoms in total. The highest BCUT2D eigenvalue weighted by Crippen LogP contribution is 2.27. The van der Waals surface area contributed by atoms with Gasteiger partial charge in [-0.3, -0.25) is 4.79 Å². The first-order valence-electron chi connectivity index (χ1n) is 8.42. The average Bonchev–Trinajstić information content (AvgIpc) is 3.15. The maximum absolute atomic E-state index is 12.4. The van der Waals surface area contributed by atoms with E-state index in [4.69, 9.17) is 14.6 Å². The van der Waals surface area contributed by atoms with Gasteiger partial charge in [0.15, 0.2) is 0 Å². The van der Waals surface area contributed by atoms with Gasteiger partial charge in [0, 0.05) is 12.3 Å². The van der Waals surface area contributed by atoms with Crippen molar-refractivity contribution in [3.63, 3.8) is 0 Å². The SMILES string of the molecule is COc1cc(C(=O)O)ccc1NC(=O)c1ccc(OC2CCCC2)nc1. The first-order chi connectivity index (χ1) is 12.6. The van der Waals surface area contributed by atoms with E-state index in [1.54, 1.807) is 12.1 Å². The highest BCUT2D eigenvalue weighted by atomic mass is 16.5. The number of carbonyl (C=O) groups excluding carboxylic acids is 1. The van der Waals surface area contributed by atoms with Crippen LogP contribution in [0.25, 0.3) is 0 Å². The standard InChI is InChI=1S/C19H20N2O5/c1-25-16-10-12(19(23)24)6-8-15(16)21-18(22)13-7-9-17(20-11-13)26-14-4-2-3-5-14/h6-11,14H,2-5H2,1H3,(H,21,22)(H,23,24). The molecule has 0 unspecified atom stereocenters. The highest BCUT2D eigenvalue weighted by molar-refractivity contribution is 6.05. The molecule has 1 amide bonds. The Labute approximate surface area is 151 Å². The van der Waals surface area contributed by atoms with E-state index >= 15 is 0 Å². The fraction of sp³-hybridized carbons (Fsp3) is 0.316. The molecule has 2 aromatic rings. The molecule has 0 bridgehead atoms. The van der Waals surface area contributed by atoms with Crippen LogP contribution < -0.4 is 14.8 Å². The number of anilines is 1. The zero-order valence-electron chi connectivity index (χ0n) is 14.4. The van der Waals surface area contributed by atoms with E-state index in [-0.39, 0.29) is 23.3 Å². The van der Waals surface area contributed by atoms with Crippen LogP contribution in [0.2, 0.25) is 0 Å². The lowest BCUT2D eigenvalue weighted by Gasteiger charge is -2.13. The molecule has 0 spiro atoms. The van der Waals surface area contributed by atoms with Crippen LogP contribution >= 0.6 is 0 Å². The van der Waals surface area contributed by atoms with Gasteiger partial charge in [0.2, 0.25) is 5.88 Å². The molecular formula is C19H20N2O5. The third kappa shape index (κ3) is 4.11. The Bertz CT molecular complexity index is 798. The molecule has 7 heteroatoms. The van der Waals surface area contributed by atoms with Crippen molar-refractivity contribution in [1.29, 1.82) is 0 Å². The van der Waals surface area contributed by atoms with Crippen LogP contribution in [0.15, 0.2) is 36.5 Å². The summed E-state index contributed by atoms with van der Waals surface area (Å²) in [5, 5.41) is 11.7. The number of hydrogen-bond donors (Lipinski definition) is 2. The number of rotatable bonds is 6. The van der Waals surface area contributed by atoms with E-state index in [1.807, 2.05) is 0 Å². The van der Waals surface area contributed by atoms with Gasteiger partial charge in [-0.25, -0.2) is 9.78 Å². The number of carboxylic acids is 1. The fourth-order valence-electron chi connectivity index (χ4n) is 2.88. The number of nitrogens with one attached hydrogen (secondary N) is 1. The summed E-state index contributed by atoms with van der Waals surface area (Å²) in [5.41, 5.74) is 0.830. The number of amides is 1. The summed E-state index contributed by atoms with van der Waals surface area (Å²) in [6.07, 6.45) is 6.09. The summed E-state index contributed by atoms with van der Waals surface area (Å²) in [5.74, 6) is -0.654. The lowest BCUT2D eigenvalue weighted by molar-refractivity contribution is 0.0696. The Morgan fingerprint density at radius 3 is 2.50 bits per heavy atom. The van der Waals surface area contributed by atoms with Gasteiger partial charge in [-0.15, -0.1) is 0 Å². The summed E-state index contributed by atoms with van der Waals surface area (Å²) in [4.78, 5) is 27.6. The number of carboxylic acid groups (broad SMARTS) is 1. The topological polar surface area (TPSA) is 97.8 Å². The van der Waals surface area contributed by atoms with Crippen molar-refractivity contribution >= 4 is 17.6 Å². The number of hydrogen-bond acceptors (Lipinski definition) is 5. The second kappa shape index (κ2) is 7.86. The third-order valence-electron chi connectivity index (χ3n) is 4.28. The Balaban J connectivity index is 1.68. The Hall–Kier alpha value is -3.09. The molecule has 1 aliphatic rings. The van der Waals surface area contributed by atoms with Crippen LogP contribution in [-0.2, 0) is 0 Å². The second-order valence-electron chi connectivity index (χ2n) is 6.08. The van der Waals surface area contributed by atoms with E-state index in [0.29, 0.717) is 17.1 Å². The maximum atomic E-state index is 12.4. The van der Waals surface area contributed by atoms with Crippen LogP contribution in [0.4, 0.5) is 5.69 Å². The Morgan fingerprint density at radius 1 is 1.15 bits per heavy atom. The molecular weight excluding hydrogens is 336 g/mol. The van der Waals surface area contributed by atoms with Gasteiger partial charge in [-0.05, 0) is 49.9 Å². The van der Waals surface area contributed by atoms with E-state index < -0.39 is 5.97 Å². The predicted molar refractivity (Wildman–Crippen MR) is 95.0 cm³/mol. The molecule has 26 heavy (non-hydrogen) atoms. The molecule has 0 atom stereocenters. The summed E-state index contributed by atoms with van der Waals surface area (Å²) < 4.78 is 10.9. The maximum Gasteiger partial charge on any atom is 0.335 e. The van der Waals surface area contributed by atoms with Crippen molar-refractivity contribution in [2.75, 3.05) is 12.4 Å². The van der Waals surface area contributed by atoms with Gasteiger partial charge in [0.1, 0.15) is 11.9 Å². The Kier molecular flexibility index (Phi) is 5.36. The highest BCUT2D eigenvalue weighted by Gasteiger charge is 2.17. The van der Waals surface area contributed by atoms with Gasteiger partial charge in [-0.2, -0.15) is 0 Å². The molecule has 0 saturated heterocycles. The third-order valence-corrected chi connectivity index (χ3v) is 4.28. The van der Waals surface area contributed by atoms with Crippen LogP contribution in [0.3, 0.4) is 0 Å². The normalized spacial score (nSPS) is 14.0. The number of carbonyl (C=O) groups is 2. The lowest BCUT2D eigenvalue weighted by Crippen LogP contribution is -2.15. The van der Waals surface area contributed by atoms with Crippen LogP contribution in [0.1, 0.15) is 46.4 Å². The van der Waals surface area contributed by atoms with Crippen LogP contribution in [0.5, 0.6) is 11.6 Å². The first kappa shape index (κ1) is 17.7. The smallest absolute Gasteiger partial charge is 0.335 e. The lowest BCUT2D eigenvalue weighted by atomic mass is 10.1. The van der Waals surface area contributed by atoms with Gasteiger partial charge >= 0.3 is 5.97 Å². The number of aromatic nitrogens is 1. The summed E-state index contributed by atoms with van der Waals surface area (Å²) in [6.45, 7) is 0. The largest absolute Gasteiger partial charge is 0.495 e. The van der Waals surface area contributed by atoms with E-state index in [0.717, 1.165) is 12.8 Å². The number of ether oxygens (including phenoxy) is 2. The van der Waals surface area contributed by atoms with Crippen molar-refractivity contribution in [3.05, 3.63) is 47.7 Å². The molecule has 1 aliphatic carbocycles. The number of aromatic carboxylic acids is 1. The molecule has 136 valence electrons. The summed E-state index contributed by atoms with van der Waals surface area (Å²) in [6, 6.07) is 7.57. The van der Waals surface area contributed by atoms with E-state index in [1.165, 1.54) is 44.3 Å². The number of benzene rings is 1. The first-order valence-corrected chi connectivity index (χ1v) is 8.42. The molecule has 1 aromatic heterocycles. The molecule has 1 saturated carbocycles. The van der Waals surface area contributed by atoms with Gasteiger partial charge in [0.25, 0.3) is 5.91 Å². The minimum absolute atomic E-state index is 0.0786. The molecule has 1 heterocycles. The number of methoxy groups -OCH3 is 1. The second-order valence-corrected chi connectivity index (χ2v) is 6.08. The van der Waals surface area contributed by atoms with Crippen molar-refractivity contribution in [1.82, 2.24) is 4.98 Å². The summed E-state index contributed by atoms with van der Waals surface area (Å²) >= 11 is 0. The zero-order valence-corrected chi connectivity index (χ0v) is 14.4. The van der Waals surface area contributed by atoms with Gasteiger partial charge < -0.3 is 19.9 Å². The molecule has 0 aliphatic heterocycles. The Morgan fingerprint density at radius 2 is 1.88 bits per heavy atom. The molecule has 1 aromatic carbocycles. The van der Waals surface area contributed by atoms with Crippen molar-refractivity contribution < 1.29 is 24.2 Å². The van der Waals surface area contributed by atoms with Gasteiger partial charge in [-0.1, -0.05) is 0 Å². The number of pyridine rings is 1. The quantitative estimate of drug-likeness (QED) is 0.823. The molecule has 3 rings (SSSR count).